The van der Waals surface area contributed by atoms with Crippen molar-refractivity contribution >= 4 is 52.5 Å². The number of sulfonamides is 1. The van der Waals surface area contributed by atoms with E-state index in [9.17, 15) is 21.6 Å². The summed E-state index contributed by atoms with van der Waals surface area (Å²) in [6.45, 7) is 6.03. The van der Waals surface area contributed by atoms with Gasteiger partial charge >= 0.3 is 0 Å². The molecular weight excluding hydrogens is 609 g/mol. The first kappa shape index (κ1) is 31.2. The molecule has 0 spiro atoms. The van der Waals surface area contributed by atoms with Gasteiger partial charge in [-0.1, -0.05) is 48.6 Å². The van der Waals surface area contributed by atoms with Gasteiger partial charge in [-0.3, -0.25) is 14.6 Å². The van der Waals surface area contributed by atoms with Gasteiger partial charge in [-0.25, -0.2) is 21.8 Å². The maximum absolute atomic E-state index is 13.9. The normalized spacial score (nSPS) is 14.8. The third-order valence-electron chi connectivity index (χ3n) is 7.29. The van der Waals surface area contributed by atoms with Crippen molar-refractivity contribution in [2.75, 3.05) is 57.1 Å². The van der Waals surface area contributed by atoms with Crippen LogP contribution in [0.5, 0.6) is 0 Å². The van der Waals surface area contributed by atoms with Gasteiger partial charge in [0.1, 0.15) is 0 Å². The number of carbonyl (C=O) groups is 1. The molecule has 0 saturated carbocycles. The first-order valence-electron chi connectivity index (χ1n) is 13.9. The van der Waals surface area contributed by atoms with Gasteiger partial charge in [0.25, 0.3) is 5.91 Å². The molecular formula is C30H34N4O6S3. The van der Waals surface area contributed by atoms with Gasteiger partial charge in [0.15, 0.2) is 15.0 Å². The number of morpholine rings is 1. The van der Waals surface area contributed by atoms with Gasteiger partial charge < -0.3 is 4.74 Å². The second-order valence-corrected chi connectivity index (χ2v) is 15.2. The molecule has 2 heterocycles. The first-order valence-corrected chi connectivity index (χ1v) is 18.1. The molecule has 1 aromatic heterocycles. The molecule has 5 rings (SSSR count). The Bertz CT molecular complexity index is 1790. The van der Waals surface area contributed by atoms with Crippen molar-refractivity contribution in [1.29, 1.82) is 0 Å². The van der Waals surface area contributed by atoms with Crippen LogP contribution < -0.4 is 4.90 Å². The fraction of sp³-hybridized carbons (Fsp3) is 0.333. The molecule has 0 atom stereocenters. The summed E-state index contributed by atoms with van der Waals surface area (Å²) in [4.78, 5) is 22.7. The monoisotopic (exact) mass is 642 g/mol. The number of ether oxygens (including phenoxy) is 1. The summed E-state index contributed by atoms with van der Waals surface area (Å²) in [5, 5.41) is 0.440. The van der Waals surface area contributed by atoms with E-state index in [0.717, 1.165) is 24.9 Å². The Morgan fingerprint density at radius 3 is 2.28 bits per heavy atom. The van der Waals surface area contributed by atoms with E-state index in [0.29, 0.717) is 53.8 Å². The number of anilines is 1. The molecule has 1 aliphatic heterocycles. The fourth-order valence-corrected chi connectivity index (χ4v) is 8.01. The molecule has 0 N–H and O–H groups in total. The molecule has 3 aromatic carbocycles. The van der Waals surface area contributed by atoms with E-state index < -0.39 is 19.9 Å². The van der Waals surface area contributed by atoms with Crippen molar-refractivity contribution in [3.63, 3.8) is 0 Å². The smallest absolute Gasteiger partial charge is 0.260 e. The second kappa shape index (κ2) is 13.2. The molecule has 1 aliphatic rings. The molecule has 4 aromatic rings. The molecule has 13 heteroatoms. The maximum Gasteiger partial charge on any atom is 0.260 e. The zero-order chi connectivity index (χ0) is 30.6. The molecule has 0 radical (unpaired) electrons. The average molecular weight is 643 g/mol. The first-order chi connectivity index (χ1) is 20.6. The van der Waals surface area contributed by atoms with Crippen LogP contribution in [0.2, 0.25) is 0 Å². The van der Waals surface area contributed by atoms with E-state index in [1.807, 2.05) is 30.3 Å². The Kier molecular flexibility index (Phi) is 9.59. The van der Waals surface area contributed by atoms with Crippen LogP contribution in [0.25, 0.3) is 10.2 Å². The summed E-state index contributed by atoms with van der Waals surface area (Å²) >= 11 is 1.24. The van der Waals surface area contributed by atoms with E-state index >= 15 is 0 Å². The van der Waals surface area contributed by atoms with E-state index in [-0.39, 0.29) is 22.2 Å². The lowest BCUT2D eigenvalue weighted by Gasteiger charge is -2.29. The summed E-state index contributed by atoms with van der Waals surface area (Å²) in [5.41, 5.74) is 1.80. The lowest BCUT2D eigenvalue weighted by molar-refractivity contribution is 0.0391. The number of rotatable bonds is 11. The van der Waals surface area contributed by atoms with Gasteiger partial charge in [0, 0.05) is 51.1 Å². The van der Waals surface area contributed by atoms with Crippen LogP contribution in [0.4, 0.5) is 5.13 Å². The van der Waals surface area contributed by atoms with Crippen LogP contribution >= 0.6 is 11.3 Å². The quantitative estimate of drug-likeness (QED) is 0.242. The van der Waals surface area contributed by atoms with Crippen LogP contribution in [-0.4, -0.2) is 89.1 Å². The summed E-state index contributed by atoms with van der Waals surface area (Å²) in [7, 11) is -7.20. The van der Waals surface area contributed by atoms with Gasteiger partial charge in [-0.2, -0.15) is 4.31 Å². The highest BCUT2D eigenvalue weighted by molar-refractivity contribution is 7.90. The third-order valence-corrected chi connectivity index (χ3v) is 11.4. The van der Waals surface area contributed by atoms with Crippen LogP contribution in [0.3, 0.4) is 0 Å². The Labute approximate surface area is 256 Å². The van der Waals surface area contributed by atoms with Gasteiger partial charge in [-0.05, 0) is 48.0 Å². The predicted molar refractivity (Wildman–Crippen MR) is 168 cm³/mol. The SMILES string of the molecule is CCN(Cc1ccccc1)S(=O)(=O)c1ccc(C(=O)N(CCN2CCOCC2)c2nc3ccc(S(C)(=O)=O)cc3s2)cc1. The van der Waals surface area contributed by atoms with E-state index in [1.165, 1.54) is 46.0 Å². The Balaban J connectivity index is 1.42. The number of thiazole rings is 1. The minimum Gasteiger partial charge on any atom is -0.379 e. The summed E-state index contributed by atoms with van der Waals surface area (Å²) in [6, 6.07) is 20.1. The van der Waals surface area contributed by atoms with Crippen LogP contribution in [0.1, 0.15) is 22.8 Å². The van der Waals surface area contributed by atoms with Crippen molar-refractivity contribution in [3.05, 3.63) is 83.9 Å². The molecule has 1 fully saturated rings. The second-order valence-electron chi connectivity index (χ2n) is 10.3. The Morgan fingerprint density at radius 1 is 0.953 bits per heavy atom. The number of aromatic nitrogens is 1. The lowest BCUT2D eigenvalue weighted by atomic mass is 10.2. The van der Waals surface area contributed by atoms with Gasteiger partial charge in [-0.15, -0.1) is 0 Å². The minimum atomic E-state index is -3.79. The van der Waals surface area contributed by atoms with Crippen LogP contribution in [0.15, 0.2) is 82.6 Å². The number of hydrogen-bond donors (Lipinski definition) is 0. The highest BCUT2D eigenvalue weighted by Gasteiger charge is 2.26. The van der Waals surface area contributed by atoms with E-state index in [4.69, 9.17) is 4.74 Å². The van der Waals surface area contributed by atoms with E-state index in [2.05, 4.69) is 9.88 Å². The Hall–Kier alpha value is -3.20. The summed E-state index contributed by atoms with van der Waals surface area (Å²) in [5.74, 6) is -0.323. The molecule has 0 aliphatic carbocycles. The topological polar surface area (TPSA) is 117 Å². The van der Waals surface area contributed by atoms with Crippen LogP contribution in [0, 0.1) is 0 Å². The van der Waals surface area contributed by atoms with Crippen molar-refractivity contribution in [1.82, 2.24) is 14.2 Å². The summed E-state index contributed by atoms with van der Waals surface area (Å²) < 4.78 is 58.6. The number of nitrogens with zero attached hydrogens (tertiary/aromatic N) is 4. The highest BCUT2D eigenvalue weighted by Crippen LogP contribution is 2.32. The minimum absolute atomic E-state index is 0.106. The third kappa shape index (κ3) is 7.31. The highest BCUT2D eigenvalue weighted by atomic mass is 32.2. The predicted octanol–water partition coefficient (Wildman–Crippen LogP) is 3.89. The van der Waals surface area contributed by atoms with Crippen molar-refractivity contribution < 1.29 is 26.4 Å². The lowest BCUT2D eigenvalue weighted by Crippen LogP contribution is -2.43. The van der Waals surface area contributed by atoms with Crippen molar-refractivity contribution in [2.24, 2.45) is 0 Å². The zero-order valence-electron chi connectivity index (χ0n) is 24.0. The number of carbonyl (C=O) groups excluding carboxylic acids is 1. The van der Waals surface area contributed by atoms with Crippen molar-refractivity contribution in [2.45, 2.75) is 23.3 Å². The summed E-state index contributed by atoms with van der Waals surface area (Å²) in [6.07, 6.45) is 1.15. The molecule has 43 heavy (non-hydrogen) atoms. The largest absolute Gasteiger partial charge is 0.379 e. The molecule has 1 saturated heterocycles. The number of hydrogen-bond acceptors (Lipinski definition) is 9. The molecule has 0 bridgehead atoms. The maximum atomic E-state index is 13.9. The zero-order valence-corrected chi connectivity index (χ0v) is 26.5. The molecule has 0 unspecified atom stereocenters. The Morgan fingerprint density at radius 2 is 1.63 bits per heavy atom. The van der Waals surface area contributed by atoms with Crippen LogP contribution in [-0.2, 0) is 31.1 Å². The number of sulfone groups is 1. The fourth-order valence-electron chi connectivity index (χ4n) is 4.82. The number of amides is 1. The number of fused-ring (bicyclic) bond motifs is 1. The molecule has 10 nitrogen and oxygen atoms in total. The van der Waals surface area contributed by atoms with Crippen molar-refractivity contribution in [3.8, 4) is 0 Å². The molecule has 228 valence electrons. The van der Waals surface area contributed by atoms with E-state index in [1.54, 1.807) is 24.0 Å². The van der Waals surface area contributed by atoms with Gasteiger partial charge in [0.05, 0.1) is 33.2 Å². The van der Waals surface area contributed by atoms with Gasteiger partial charge in [0.2, 0.25) is 10.0 Å². The molecule has 1 amide bonds. The standard InChI is InChI=1S/C30H34N4O6S3/c1-3-33(22-23-7-5-4-6-8-23)43(38,39)25-11-9-24(10-12-25)29(35)34(16-15-32-17-19-40-20-18-32)30-31-27-14-13-26(42(2,36)37)21-28(27)41-30/h4-14,21H,3,15-20,22H2,1-2H3. The number of benzene rings is 3. The average Bonchev–Trinajstić information content (AvgIpc) is 3.43.